The monoisotopic (exact) mass is 316 g/mol. The summed E-state index contributed by atoms with van der Waals surface area (Å²) in [5.41, 5.74) is 3.89. The lowest BCUT2D eigenvalue weighted by molar-refractivity contribution is -0.119. The number of nitriles is 1. The van der Waals surface area contributed by atoms with Crippen molar-refractivity contribution in [3.63, 3.8) is 0 Å². The molecule has 1 aromatic heterocycles. The lowest BCUT2D eigenvalue weighted by Gasteiger charge is -2.30. The summed E-state index contributed by atoms with van der Waals surface area (Å²) >= 11 is 0. The molecule has 2 heterocycles. The predicted molar refractivity (Wildman–Crippen MR) is 91.4 cm³/mol. The van der Waals surface area contributed by atoms with Crippen LogP contribution in [0.1, 0.15) is 24.1 Å². The molecular weight excluding hydrogens is 300 g/mol. The van der Waals surface area contributed by atoms with Gasteiger partial charge in [-0.05, 0) is 29.7 Å². The van der Waals surface area contributed by atoms with Crippen LogP contribution in [0.25, 0.3) is 11.0 Å². The normalized spacial score (nSPS) is 19.6. The first-order valence-electron chi connectivity index (χ1n) is 7.99. The maximum absolute atomic E-state index is 12.4. The van der Waals surface area contributed by atoms with E-state index < -0.39 is 5.92 Å². The first-order chi connectivity index (χ1) is 11.7. The fraction of sp³-hybridized carbons (Fsp3) is 0.211. The fourth-order valence-corrected chi connectivity index (χ4v) is 3.32. The van der Waals surface area contributed by atoms with Crippen molar-refractivity contribution < 1.29 is 4.79 Å². The molecule has 4 rings (SSSR count). The topological polar surface area (TPSA) is 70.7 Å². The Bertz CT molecular complexity index is 965. The van der Waals surface area contributed by atoms with Crippen molar-refractivity contribution in [1.82, 2.24) is 9.55 Å². The van der Waals surface area contributed by atoms with Crippen molar-refractivity contribution in [1.29, 1.82) is 5.26 Å². The van der Waals surface area contributed by atoms with Gasteiger partial charge in [0.25, 0.3) is 0 Å². The van der Waals surface area contributed by atoms with Crippen LogP contribution < -0.4 is 5.32 Å². The molecular formula is C19H16N4O. The Morgan fingerprint density at radius 1 is 1.21 bits per heavy atom. The molecule has 0 saturated carbocycles. The predicted octanol–water partition coefficient (Wildman–Crippen LogP) is 3.28. The van der Waals surface area contributed by atoms with Crippen LogP contribution >= 0.6 is 0 Å². The number of rotatable bonds is 2. The number of nitrogens with zero attached hydrogens (tertiary/aromatic N) is 3. The van der Waals surface area contributed by atoms with Gasteiger partial charge in [0.15, 0.2) is 5.92 Å². The van der Waals surface area contributed by atoms with E-state index in [1.165, 1.54) is 5.56 Å². The number of para-hydroxylation sites is 2. The minimum Gasteiger partial charge on any atom is -0.300 e. The van der Waals surface area contributed by atoms with Gasteiger partial charge in [0.1, 0.15) is 0 Å². The van der Waals surface area contributed by atoms with E-state index in [4.69, 9.17) is 0 Å². The smallest absolute Gasteiger partial charge is 0.246 e. The molecule has 1 aliphatic heterocycles. The van der Waals surface area contributed by atoms with Crippen LogP contribution in [0, 0.1) is 17.2 Å². The molecule has 2 atom stereocenters. The number of imidazole rings is 1. The molecule has 5 heteroatoms. The van der Waals surface area contributed by atoms with Crippen LogP contribution in [0.5, 0.6) is 0 Å². The van der Waals surface area contributed by atoms with Gasteiger partial charge < -0.3 is 4.57 Å². The molecule has 0 spiro atoms. The van der Waals surface area contributed by atoms with E-state index >= 15 is 0 Å². The molecule has 0 radical (unpaired) electrons. The zero-order chi connectivity index (χ0) is 16.7. The Morgan fingerprint density at radius 3 is 2.67 bits per heavy atom. The third kappa shape index (κ3) is 2.08. The van der Waals surface area contributed by atoms with Crippen LogP contribution in [0.15, 0.2) is 48.5 Å². The second kappa shape index (κ2) is 5.50. The van der Waals surface area contributed by atoms with Gasteiger partial charge in [-0.1, -0.05) is 43.3 Å². The lowest BCUT2D eigenvalue weighted by Crippen LogP contribution is -2.37. The van der Waals surface area contributed by atoms with Gasteiger partial charge in [-0.2, -0.15) is 5.26 Å². The van der Waals surface area contributed by atoms with E-state index in [-0.39, 0.29) is 11.9 Å². The minimum atomic E-state index is -0.789. The third-order valence-corrected chi connectivity index (χ3v) is 4.58. The number of aryl methyl sites for hydroxylation is 1. The molecule has 2 aromatic carbocycles. The number of benzene rings is 2. The summed E-state index contributed by atoms with van der Waals surface area (Å²) in [6, 6.07) is 17.6. The number of carbonyl (C=O) groups is 1. The van der Waals surface area contributed by atoms with E-state index in [0.717, 1.165) is 23.0 Å². The van der Waals surface area contributed by atoms with Crippen LogP contribution in [0.2, 0.25) is 0 Å². The number of hydrogen-bond donors (Lipinski definition) is 1. The number of carbonyl (C=O) groups excluding carboxylic acids is 1. The number of aromatic nitrogens is 2. The first-order valence-corrected chi connectivity index (χ1v) is 7.99. The van der Waals surface area contributed by atoms with Crippen molar-refractivity contribution in [3.8, 4) is 6.07 Å². The Kier molecular flexibility index (Phi) is 3.31. The molecule has 5 nitrogen and oxygen atoms in total. The van der Waals surface area contributed by atoms with Gasteiger partial charge >= 0.3 is 0 Å². The Balaban J connectivity index is 1.95. The summed E-state index contributed by atoms with van der Waals surface area (Å²) < 4.78 is 1.96. The van der Waals surface area contributed by atoms with E-state index in [2.05, 4.69) is 35.4 Å². The minimum absolute atomic E-state index is 0.301. The van der Waals surface area contributed by atoms with Crippen molar-refractivity contribution in [3.05, 3.63) is 59.7 Å². The molecule has 24 heavy (non-hydrogen) atoms. The average Bonchev–Trinajstić information content (AvgIpc) is 2.98. The van der Waals surface area contributed by atoms with Gasteiger partial charge in [0.2, 0.25) is 11.9 Å². The standard InChI is InChI=1S/C19H16N4O/c1-2-12-7-9-13(10-8-12)17-14(11-20)18(24)22-19-21-15-5-3-4-6-16(15)23(17)19/h3-10,14,17H,2H2,1H3,(H,21,22,24)/t14-,17+/m0/s1. The van der Waals surface area contributed by atoms with Crippen molar-refractivity contribution in [2.24, 2.45) is 5.92 Å². The molecule has 0 bridgehead atoms. The maximum Gasteiger partial charge on any atom is 0.246 e. The largest absolute Gasteiger partial charge is 0.300 e. The first kappa shape index (κ1) is 14.5. The van der Waals surface area contributed by atoms with E-state index in [1.54, 1.807) is 0 Å². The van der Waals surface area contributed by atoms with Gasteiger partial charge in [-0.25, -0.2) is 4.98 Å². The summed E-state index contributed by atoms with van der Waals surface area (Å²) in [6.07, 6.45) is 0.951. The fourth-order valence-electron chi connectivity index (χ4n) is 3.32. The van der Waals surface area contributed by atoms with Gasteiger partial charge in [0.05, 0.1) is 23.1 Å². The Hall–Kier alpha value is -3.13. The van der Waals surface area contributed by atoms with E-state index in [9.17, 15) is 10.1 Å². The summed E-state index contributed by atoms with van der Waals surface area (Å²) in [7, 11) is 0. The Morgan fingerprint density at radius 2 is 1.96 bits per heavy atom. The number of hydrogen-bond acceptors (Lipinski definition) is 3. The SMILES string of the molecule is CCc1ccc([C@@H]2[C@H](C#N)C(=O)Nc3nc4ccccc4n32)cc1. The summed E-state index contributed by atoms with van der Waals surface area (Å²) in [5.74, 6) is -0.593. The number of nitrogens with one attached hydrogen (secondary N) is 1. The highest BCUT2D eigenvalue weighted by Crippen LogP contribution is 2.37. The molecule has 1 N–H and O–H groups in total. The second-order valence-corrected chi connectivity index (χ2v) is 5.93. The molecule has 0 fully saturated rings. The molecule has 0 saturated heterocycles. The zero-order valence-corrected chi connectivity index (χ0v) is 13.2. The van der Waals surface area contributed by atoms with Crippen LogP contribution in [0.4, 0.5) is 5.95 Å². The number of amides is 1. The molecule has 3 aromatic rings. The van der Waals surface area contributed by atoms with Gasteiger partial charge in [0, 0.05) is 0 Å². The van der Waals surface area contributed by atoms with Crippen LogP contribution in [-0.2, 0) is 11.2 Å². The van der Waals surface area contributed by atoms with Crippen molar-refractivity contribution in [2.75, 3.05) is 5.32 Å². The quantitative estimate of drug-likeness (QED) is 0.788. The molecule has 1 amide bonds. The molecule has 118 valence electrons. The Labute approximate surface area is 139 Å². The number of fused-ring (bicyclic) bond motifs is 3. The molecule has 1 aliphatic rings. The molecule has 0 aliphatic carbocycles. The van der Waals surface area contributed by atoms with Gasteiger partial charge in [-0.3, -0.25) is 10.1 Å². The summed E-state index contributed by atoms with van der Waals surface area (Å²) in [5, 5.41) is 12.3. The zero-order valence-electron chi connectivity index (χ0n) is 13.2. The summed E-state index contributed by atoms with van der Waals surface area (Å²) in [4.78, 5) is 16.9. The average molecular weight is 316 g/mol. The third-order valence-electron chi connectivity index (χ3n) is 4.58. The second-order valence-electron chi connectivity index (χ2n) is 5.93. The maximum atomic E-state index is 12.4. The lowest BCUT2D eigenvalue weighted by atomic mass is 9.90. The number of anilines is 1. The van der Waals surface area contributed by atoms with E-state index in [0.29, 0.717) is 5.95 Å². The van der Waals surface area contributed by atoms with Crippen molar-refractivity contribution in [2.45, 2.75) is 19.4 Å². The van der Waals surface area contributed by atoms with Crippen LogP contribution in [-0.4, -0.2) is 15.5 Å². The highest BCUT2D eigenvalue weighted by molar-refractivity contribution is 5.97. The molecule has 0 unspecified atom stereocenters. The van der Waals surface area contributed by atoms with Crippen molar-refractivity contribution >= 4 is 22.9 Å². The highest BCUT2D eigenvalue weighted by Gasteiger charge is 2.38. The van der Waals surface area contributed by atoms with Crippen LogP contribution in [0.3, 0.4) is 0 Å². The van der Waals surface area contributed by atoms with Gasteiger partial charge in [-0.15, -0.1) is 0 Å². The summed E-state index contributed by atoms with van der Waals surface area (Å²) in [6.45, 7) is 2.10. The highest BCUT2D eigenvalue weighted by atomic mass is 16.2. The van der Waals surface area contributed by atoms with E-state index in [1.807, 2.05) is 41.0 Å².